The van der Waals surface area contributed by atoms with Crippen molar-refractivity contribution in [3.05, 3.63) is 70.3 Å². The topological polar surface area (TPSA) is 95.9 Å². The van der Waals surface area contributed by atoms with Crippen LogP contribution in [-0.2, 0) is 21.9 Å². The smallest absolute Gasteiger partial charge is 0.264 e. The molecule has 6 atom stereocenters. The number of fused-ring (bicyclic) bond motifs is 4. The molecule has 226 valence electrons. The van der Waals surface area contributed by atoms with Gasteiger partial charge in [0.2, 0.25) is 10.0 Å². The van der Waals surface area contributed by atoms with Crippen molar-refractivity contribution in [3.63, 3.8) is 0 Å². The fourth-order valence-electron chi connectivity index (χ4n) is 7.53. The number of nitrogens with zero attached hydrogens (tertiary/aromatic N) is 1. The number of hydrogen-bond acceptors (Lipinski definition) is 6. The number of hydrogen-bond donors (Lipinski definition) is 2. The highest BCUT2D eigenvalue weighted by Crippen LogP contribution is 2.46. The number of nitrogens with one attached hydrogen (secondary N) is 1. The van der Waals surface area contributed by atoms with Gasteiger partial charge in [0.1, 0.15) is 5.75 Å². The molecule has 2 aromatic carbocycles. The maximum absolute atomic E-state index is 13.4. The summed E-state index contributed by atoms with van der Waals surface area (Å²) in [6.45, 7) is 5.69. The minimum Gasteiger partial charge on any atom is -0.490 e. The summed E-state index contributed by atoms with van der Waals surface area (Å²) in [4.78, 5) is 15.7. The van der Waals surface area contributed by atoms with E-state index in [0.29, 0.717) is 38.3 Å². The third-order valence-electron chi connectivity index (χ3n) is 10.1. The van der Waals surface area contributed by atoms with Crippen LogP contribution in [0.25, 0.3) is 0 Å². The predicted molar refractivity (Wildman–Crippen MR) is 166 cm³/mol. The average Bonchev–Trinajstić information content (AvgIpc) is 3.09. The molecule has 6 rings (SSSR count). The number of aliphatic hydroxyl groups is 1. The zero-order valence-electron chi connectivity index (χ0n) is 24.4. The molecule has 7 nitrogen and oxygen atoms in total. The van der Waals surface area contributed by atoms with Crippen molar-refractivity contribution in [1.29, 1.82) is 0 Å². The Kier molecular flexibility index (Phi) is 8.09. The Bertz CT molecular complexity index is 1490. The minimum absolute atomic E-state index is 0.0592. The van der Waals surface area contributed by atoms with Crippen LogP contribution in [0.5, 0.6) is 5.75 Å². The van der Waals surface area contributed by atoms with E-state index in [-0.39, 0.29) is 28.7 Å². The Balaban J connectivity index is 1.42. The second-order valence-electron chi connectivity index (χ2n) is 12.9. The van der Waals surface area contributed by atoms with Crippen LogP contribution in [0.3, 0.4) is 0 Å². The monoisotopic (exact) mass is 612 g/mol. The van der Waals surface area contributed by atoms with Crippen LogP contribution in [-0.4, -0.2) is 50.5 Å². The van der Waals surface area contributed by atoms with E-state index in [9.17, 15) is 18.3 Å². The van der Waals surface area contributed by atoms with Gasteiger partial charge in [-0.25, -0.2) is 13.1 Å². The Hall–Kier alpha value is -2.55. The van der Waals surface area contributed by atoms with Gasteiger partial charge in [-0.05, 0) is 104 Å². The predicted octanol–water partition coefficient (Wildman–Crippen LogP) is 5.63. The van der Waals surface area contributed by atoms with Crippen molar-refractivity contribution in [2.45, 2.75) is 75.6 Å². The molecule has 2 aromatic rings. The Morgan fingerprint density at radius 3 is 2.76 bits per heavy atom. The summed E-state index contributed by atoms with van der Waals surface area (Å²) in [5.74, 6) is 0.408. The molecule has 1 fully saturated rings. The van der Waals surface area contributed by atoms with Gasteiger partial charge in [0, 0.05) is 29.1 Å². The number of sulfonamides is 1. The summed E-state index contributed by atoms with van der Waals surface area (Å²) < 4.78 is 35.5. The summed E-state index contributed by atoms with van der Waals surface area (Å²) in [6.07, 6.45) is 8.89. The van der Waals surface area contributed by atoms with E-state index in [1.165, 1.54) is 11.1 Å². The van der Waals surface area contributed by atoms with Crippen LogP contribution in [0.1, 0.15) is 73.9 Å². The largest absolute Gasteiger partial charge is 0.490 e. The second-order valence-corrected chi connectivity index (χ2v) is 15.3. The van der Waals surface area contributed by atoms with Crippen LogP contribution >= 0.6 is 11.6 Å². The molecule has 0 radical (unpaired) electrons. The van der Waals surface area contributed by atoms with Crippen molar-refractivity contribution < 1.29 is 23.1 Å². The average molecular weight is 613 g/mol. The van der Waals surface area contributed by atoms with Gasteiger partial charge < -0.3 is 14.7 Å². The van der Waals surface area contributed by atoms with Gasteiger partial charge in [-0.1, -0.05) is 43.7 Å². The summed E-state index contributed by atoms with van der Waals surface area (Å²) in [5.41, 5.74) is 3.34. The van der Waals surface area contributed by atoms with Crippen molar-refractivity contribution in [2.75, 3.05) is 24.6 Å². The first kappa shape index (κ1) is 29.5. The van der Waals surface area contributed by atoms with Crippen LogP contribution < -0.4 is 14.4 Å². The molecule has 0 unspecified atom stereocenters. The number of ether oxygens (including phenoxy) is 1. The SMILES string of the molecule is CC[C@@H]1C[C@H](C)/C=C/[C@H](O)[C@@H]2CC[C@H]2CN2C[C@@]3(CCCc4cc(Cl)ccc43)COc3ccc(cc32)C(=O)NS1(=O)=O. The van der Waals surface area contributed by atoms with Crippen molar-refractivity contribution in [2.24, 2.45) is 17.8 Å². The van der Waals surface area contributed by atoms with Crippen molar-refractivity contribution in [1.82, 2.24) is 4.72 Å². The Labute approximate surface area is 254 Å². The number of rotatable bonds is 1. The minimum atomic E-state index is -3.91. The number of halogens is 1. The molecule has 2 N–H and O–H groups in total. The van der Waals surface area contributed by atoms with E-state index in [1.54, 1.807) is 18.2 Å². The molecule has 9 heteroatoms. The molecule has 1 amide bonds. The highest BCUT2D eigenvalue weighted by molar-refractivity contribution is 7.90. The van der Waals surface area contributed by atoms with E-state index in [2.05, 4.69) is 21.8 Å². The molecule has 2 bridgehead atoms. The number of carbonyl (C=O) groups excluding carboxylic acids is 1. The van der Waals surface area contributed by atoms with Gasteiger partial charge in [-0.2, -0.15) is 0 Å². The maximum Gasteiger partial charge on any atom is 0.264 e. The van der Waals surface area contributed by atoms with E-state index in [4.69, 9.17) is 16.3 Å². The molecule has 1 spiro atoms. The lowest BCUT2D eigenvalue weighted by Gasteiger charge is -2.45. The summed E-state index contributed by atoms with van der Waals surface area (Å²) in [6, 6.07) is 11.4. The van der Waals surface area contributed by atoms with Crippen LogP contribution in [0.15, 0.2) is 48.6 Å². The van der Waals surface area contributed by atoms with Crippen LogP contribution in [0.4, 0.5) is 5.69 Å². The van der Waals surface area contributed by atoms with E-state index in [0.717, 1.165) is 42.8 Å². The fraction of sp³-hybridized carbons (Fsp3) is 0.545. The third kappa shape index (κ3) is 5.58. The van der Waals surface area contributed by atoms with E-state index >= 15 is 0 Å². The molecular formula is C33H41ClN2O5S. The Morgan fingerprint density at radius 1 is 1.17 bits per heavy atom. The number of amides is 1. The molecule has 2 aliphatic carbocycles. The number of anilines is 1. The number of carbonyl (C=O) groups is 1. The van der Waals surface area contributed by atoms with Crippen molar-refractivity contribution in [3.8, 4) is 5.75 Å². The number of aliphatic hydroxyl groups excluding tert-OH is 1. The Morgan fingerprint density at radius 2 is 2.00 bits per heavy atom. The van der Waals surface area contributed by atoms with E-state index < -0.39 is 27.3 Å². The number of benzene rings is 2. The molecule has 42 heavy (non-hydrogen) atoms. The molecule has 1 saturated carbocycles. The van der Waals surface area contributed by atoms with Gasteiger partial charge in [0.25, 0.3) is 5.91 Å². The first-order valence-electron chi connectivity index (χ1n) is 15.3. The van der Waals surface area contributed by atoms with Gasteiger partial charge in [-0.3, -0.25) is 4.79 Å². The van der Waals surface area contributed by atoms with Gasteiger partial charge in [-0.15, -0.1) is 0 Å². The molecule has 0 saturated heterocycles. The number of allylic oxidation sites excluding steroid dienone is 1. The van der Waals surface area contributed by atoms with Gasteiger partial charge >= 0.3 is 0 Å². The summed E-state index contributed by atoms with van der Waals surface area (Å²) in [7, 11) is -3.91. The molecule has 0 aromatic heterocycles. The second kappa shape index (κ2) is 11.5. The lowest BCUT2D eigenvalue weighted by atomic mass is 9.68. The van der Waals surface area contributed by atoms with Gasteiger partial charge in [0.05, 0.1) is 23.6 Å². The molecular weight excluding hydrogens is 572 g/mol. The first-order valence-corrected chi connectivity index (χ1v) is 17.2. The lowest BCUT2D eigenvalue weighted by molar-refractivity contribution is 0.0454. The number of aryl methyl sites for hydroxylation is 1. The normalized spacial score (nSPS) is 33.3. The quantitative estimate of drug-likeness (QED) is 0.405. The highest BCUT2D eigenvalue weighted by Gasteiger charge is 2.44. The van der Waals surface area contributed by atoms with Crippen LogP contribution in [0, 0.1) is 17.8 Å². The highest BCUT2D eigenvalue weighted by atomic mass is 35.5. The zero-order chi connectivity index (χ0) is 29.6. The van der Waals surface area contributed by atoms with E-state index in [1.807, 2.05) is 32.1 Å². The lowest BCUT2D eigenvalue weighted by Crippen LogP contribution is -2.49. The van der Waals surface area contributed by atoms with Crippen LogP contribution in [0.2, 0.25) is 5.02 Å². The summed E-state index contributed by atoms with van der Waals surface area (Å²) in [5, 5.41) is 11.2. The fourth-order valence-corrected chi connectivity index (χ4v) is 9.27. The maximum atomic E-state index is 13.4. The molecule has 2 aliphatic heterocycles. The van der Waals surface area contributed by atoms with Gasteiger partial charge in [0.15, 0.2) is 0 Å². The molecule has 2 heterocycles. The third-order valence-corrected chi connectivity index (χ3v) is 12.2. The summed E-state index contributed by atoms with van der Waals surface area (Å²) >= 11 is 6.39. The zero-order valence-corrected chi connectivity index (χ0v) is 26.0. The first-order chi connectivity index (χ1) is 20.1. The standard InChI is InChI=1S/C33H41ClN2O5S/c1-3-26-15-21(2)6-12-30(37)27-10-7-24(27)18-36-19-33(14-4-5-22-16-25(34)9-11-28(22)33)20-41-31-13-8-23(17-29(31)36)32(38)35-42(26,39)40/h6,8-9,11-13,16-17,21,24,26-27,30,37H,3-5,7,10,14-15,18-20H2,1-2H3,(H,35,38)/b12-6+/t21-,24+,26-,27-,30+,33+/m1/s1. The molecule has 4 aliphatic rings. The van der Waals surface area contributed by atoms with Crippen molar-refractivity contribution >= 4 is 33.2 Å².